The van der Waals surface area contributed by atoms with E-state index in [1.54, 1.807) is 6.66 Å². The molecule has 1 aromatic rings. The molecule has 0 radical (unpaired) electrons. The quantitative estimate of drug-likeness (QED) is 0.570. The van der Waals surface area contributed by atoms with E-state index >= 15 is 0 Å². The first-order valence-corrected chi connectivity index (χ1v) is 9.97. The van der Waals surface area contributed by atoms with Gasteiger partial charge in [0.25, 0.3) is 0 Å². The van der Waals surface area contributed by atoms with Crippen molar-refractivity contribution in [2.75, 3.05) is 25.2 Å². The minimum absolute atomic E-state index is 0.382. The molecule has 2 unspecified atom stereocenters. The molecule has 0 aromatic heterocycles. The predicted molar refractivity (Wildman–Crippen MR) is 82.6 cm³/mol. The van der Waals surface area contributed by atoms with Crippen molar-refractivity contribution in [3.05, 3.63) is 27.3 Å². The molecule has 0 saturated heterocycles. The van der Waals surface area contributed by atoms with Gasteiger partial charge in [-0.25, -0.2) is 0 Å². The molecule has 0 N–H and O–H groups in total. The first kappa shape index (κ1) is 13.9. The van der Waals surface area contributed by atoms with Gasteiger partial charge in [0.1, 0.15) is 0 Å². The molecule has 0 spiro atoms. The van der Waals surface area contributed by atoms with E-state index in [0.29, 0.717) is 18.7 Å². The molecule has 0 aliphatic carbocycles. The molecular weight excluding hydrogens is 366 g/mol. The lowest BCUT2D eigenvalue weighted by Crippen LogP contribution is -2.06. The van der Waals surface area contributed by atoms with Gasteiger partial charge >= 0.3 is 0 Å². The van der Waals surface area contributed by atoms with Crippen molar-refractivity contribution in [1.29, 1.82) is 0 Å². The first-order chi connectivity index (χ1) is 8.02. The van der Waals surface area contributed by atoms with E-state index < -0.39 is 7.37 Å². The molecule has 0 fully saturated rings. The second-order valence-corrected chi connectivity index (χ2v) is 9.26. The molecule has 1 heterocycles. The normalized spacial score (nSPS) is 22.2. The van der Waals surface area contributed by atoms with Gasteiger partial charge in [-0.3, -0.25) is 4.57 Å². The average Bonchev–Trinajstić information content (AvgIpc) is 2.60. The highest BCUT2D eigenvalue weighted by atomic mass is 127. The van der Waals surface area contributed by atoms with Crippen LogP contribution in [0.15, 0.2) is 23.1 Å². The SMILES string of the molecule is CCOP(C)(=O)CC1CSc2ccc(I)cc21. The van der Waals surface area contributed by atoms with Crippen molar-refractivity contribution in [3.63, 3.8) is 0 Å². The zero-order chi connectivity index (χ0) is 12.5. The summed E-state index contributed by atoms with van der Waals surface area (Å²) in [6.45, 7) is 4.19. The largest absolute Gasteiger partial charge is 0.329 e. The average molecular weight is 382 g/mol. The van der Waals surface area contributed by atoms with Crippen molar-refractivity contribution in [1.82, 2.24) is 0 Å². The van der Waals surface area contributed by atoms with Gasteiger partial charge in [0, 0.05) is 33.0 Å². The third-order valence-corrected chi connectivity index (χ3v) is 6.64. The van der Waals surface area contributed by atoms with Gasteiger partial charge in [-0.15, -0.1) is 11.8 Å². The Morgan fingerprint density at radius 1 is 1.59 bits per heavy atom. The summed E-state index contributed by atoms with van der Waals surface area (Å²) in [5.41, 5.74) is 1.35. The summed E-state index contributed by atoms with van der Waals surface area (Å²) in [6, 6.07) is 6.51. The highest BCUT2D eigenvalue weighted by Gasteiger charge is 2.29. The van der Waals surface area contributed by atoms with Gasteiger partial charge < -0.3 is 4.52 Å². The number of rotatable bonds is 4. The Bertz CT molecular complexity index is 464. The zero-order valence-corrected chi connectivity index (χ0v) is 13.8. The van der Waals surface area contributed by atoms with Gasteiger partial charge in [0.15, 0.2) is 0 Å². The second kappa shape index (κ2) is 5.64. The first-order valence-electron chi connectivity index (χ1n) is 5.65. The van der Waals surface area contributed by atoms with Crippen LogP contribution in [0.1, 0.15) is 18.4 Å². The van der Waals surface area contributed by atoms with Crippen molar-refractivity contribution < 1.29 is 9.09 Å². The highest BCUT2D eigenvalue weighted by Crippen LogP contribution is 2.51. The number of fused-ring (bicyclic) bond motifs is 1. The molecule has 1 aromatic carbocycles. The Morgan fingerprint density at radius 3 is 3.06 bits per heavy atom. The molecule has 1 aliphatic rings. The predicted octanol–water partition coefficient (Wildman–Crippen LogP) is 4.42. The smallest absolute Gasteiger partial charge is 0.200 e. The molecule has 0 amide bonds. The maximum atomic E-state index is 12.2. The molecule has 1 aliphatic heterocycles. The maximum absolute atomic E-state index is 12.2. The minimum atomic E-state index is -2.43. The summed E-state index contributed by atoms with van der Waals surface area (Å²) in [5.74, 6) is 1.41. The molecule has 2 atom stereocenters. The van der Waals surface area contributed by atoms with Crippen LogP contribution in [-0.2, 0) is 9.09 Å². The van der Waals surface area contributed by atoms with Crippen molar-refractivity contribution >= 4 is 41.7 Å². The van der Waals surface area contributed by atoms with Crippen LogP contribution in [0.4, 0.5) is 0 Å². The van der Waals surface area contributed by atoms with Crippen LogP contribution < -0.4 is 0 Å². The summed E-state index contributed by atoms with van der Waals surface area (Å²) < 4.78 is 18.9. The molecule has 94 valence electrons. The Labute approximate surface area is 120 Å². The lowest BCUT2D eigenvalue weighted by atomic mass is 10.0. The number of benzene rings is 1. The van der Waals surface area contributed by atoms with E-state index in [1.165, 1.54) is 14.0 Å². The van der Waals surface area contributed by atoms with E-state index in [-0.39, 0.29) is 0 Å². The van der Waals surface area contributed by atoms with Gasteiger partial charge in [-0.2, -0.15) is 0 Å². The van der Waals surface area contributed by atoms with E-state index in [0.717, 1.165) is 5.75 Å². The maximum Gasteiger partial charge on any atom is 0.200 e. The molecule has 2 rings (SSSR count). The summed E-state index contributed by atoms with van der Waals surface area (Å²) in [4.78, 5) is 1.34. The molecule has 5 heteroatoms. The van der Waals surface area contributed by atoms with Crippen LogP contribution in [0, 0.1) is 3.57 Å². The van der Waals surface area contributed by atoms with Crippen molar-refractivity contribution in [3.8, 4) is 0 Å². The fourth-order valence-corrected chi connectivity index (χ4v) is 5.83. The summed E-state index contributed by atoms with van der Waals surface area (Å²) in [6.07, 6.45) is 0.668. The standard InChI is InChI=1S/C12H16IO2PS/c1-3-15-16(2,14)7-9-8-17-12-5-4-10(13)6-11(9)12/h4-6,9H,3,7-8H2,1-2H3. The van der Waals surface area contributed by atoms with Crippen molar-refractivity contribution in [2.45, 2.75) is 17.7 Å². The van der Waals surface area contributed by atoms with Gasteiger partial charge in [0.2, 0.25) is 7.37 Å². The van der Waals surface area contributed by atoms with E-state index in [2.05, 4.69) is 40.8 Å². The van der Waals surface area contributed by atoms with Crippen LogP contribution in [0.25, 0.3) is 0 Å². The lowest BCUT2D eigenvalue weighted by Gasteiger charge is -2.17. The summed E-state index contributed by atoms with van der Waals surface area (Å²) in [5, 5.41) is 0. The molecular formula is C12H16IO2PS. The fraction of sp³-hybridized carbons (Fsp3) is 0.500. The van der Waals surface area contributed by atoms with Crippen LogP contribution in [-0.4, -0.2) is 25.2 Å². The monoisotopic (exact) mass is 382 g/mol. The minimum Gasteiger partial charge on any atom is -0.329 e. The lowest BCUT2D eigenvalue weighted by molar-refractivity contribution is 0.336. The third kappa shape index (κ3) is 3.49. The Balaban J connectivity index is 2.17. The van der Waals surface area contributed by atoms with E-state index in [1.807, 2.05) is 18.7 Å². The second-order valence-electron chi connectivity index (χ2n) is 4.30. The zero-order valence-electron chi connectivity index (χ0n) is 9.98. The van der Waals surface area contributed by atoms with Crippen LogP contribution in [0.2, 0.25) is 0 Å². The van der Waals surface area contributed by atoms with Gasteiger partial charge in [-0.1, -0.05) is 0 Å². The van der Waals surface area contributed by atoms with E-state index in [9.17, 15) is 4.57 Å². The third-order valence-electron chi connectivity index (χ3n) is 2.81. The summed E-state index contributed by atoms with van der Waals surface area (Å²) >= 11 is 4.19. The van der Waals surface area contributed by atoms with Crippen LogP contribution >= 0.6 is 41.7 Å². The Kier molecular flexibility index (Phi) is 4.61. The number of hydrogen-bond donors (Lipinski definition) is 0. The molecule has 2 nitrogen and oxygen atoms in total. The Hall–Kier alpha value is 0.490. The topological polar surface area (TPSA) is 26.3 Å². The fourth-order valence-electron chi connectivity index (χ4n) is 2.13. The highest BCUT2D eigenvalue weighted by molar-refractivity contribution is 14.1. The number of halogens is 1. The van der Waals surface area contributed by atoms with E-state index in [4.69, 9.17) is 4.52 Å². The van der Waals surface area contributed by atoms with Gasteiger partial charge in [0.05, 0.1) is 6.61 Å². The molecule has 17 heavy (non-hydrogen) atoms. The number of thioether (sulfide) groups is 1. The van der Waals surface area contributed by atoms with Gasteiger partial charge in [-0.05, 0) is 53.3 Å². The van der Waals surface area contributed by atoms with Crippen molar-refractivity contribution in [2.24, 2.45) is 0 Å². The number of hydrogen-bond acceptors (Lipinski definition) is 3. The van der Waals surface area contributed by atoms with Crippen LogP contribution in [0.3, 0.4) is 0 Å². The summed E-state index contributed by atoms with van der Waals surface area (Å²) in [7, 11) is -2.43. The molecule has 0 saturated carbocycles. The molecule has 0 bridgehead atoms. The Morgan fingerprint density at radius 2 is 2.35 bits per heavy atom. The van der Waals surface area contributed by atoms with Crippen LogP contribution in [0.5, 0.6) is 0 Å².